The fourth-order valence-electron chi connectivity index (χ4n) is 3.93. The third kappa shape index (κ3) is 5.75. The number of hydrogen-bond donors (Lipinski definition) is 1. The number of piperidine rings is 1. The standard InChI is InChI=1S/C24H27F2NO5/c1-15(10-23(28)29)24(30)27-9-3-4-16(13-27)14-32-18-7-5-17(6-8-18)19-11-20(25)21(26)12-22(19)31-2/h5-8,11-12,15-16H,3-4,9-10,13-14H2,1-2H3,(H,28,29). The molecule has 1 aliphatic heterocycles. The molecule has 0 aromatic heterocycles. The van der Waals surface area contributed by atoms with Crippen molar-refractivity contribution in [2.24, 2.45) is 11.8 Å². The molecular weight excluding hydrogens is 420 g/mol. The van der Waals surface area contributed by atoms with Gasteiger partial charge in [0.25, 0.3) is 0 Å². The number of ether oxygens (including phenoxy) is 2. The lowest BCUT2D eigenvalue weighted by atomic mass is 9.97. The first-order valence-electron chi connectivity index (χ1n) is 10.5. The normalized spacial score (nSPS) is 17.0. The van der Waals surface area contributed by atoms with Crippen LogP contribution in [0.15, 0.2) is 36.4 Å². The summed E-state index contributed by atoms with van der Waals surface area (Å²) in [7, 11) is 1.40. The number of nitrogens with zero attached hydrogens (tertiary/aromatic N) is 1. The van der Waals surface area contributed by atoms with E-state index in [9.17, 15) is 18.4 Å². The molecule has 1 amide bonds. The highest BCUT2D eigenvalue weighted by Crippen LogP contribution is 2.33. The number of amides is 1. The molecule has 1 saturated heterocycles. The fourth-order valence-corrected chi connectivity index (χ4v) is 3.93. The Kier molecular flexibility index (Phi) is 7.66. The third-order valence-electron chi connectivity index (χ3n) is 5.63. The monoisotopic (exact) mass is 447 g/mol. The van der Waals surface area contributed by atoms with Gasteiger partial charge in [0.1, 0.15) is 11.5 Å². The topological polar surface area (TPSA) is 76.1 Å². The van der Waals surface area contributed by atoms with Crippen LogP contribution in [0.4, 0.5) is 8.78 Å². The number of likely N-dealkylation sites (tertiary alicyclic amines) is 1. The van der Waals surface area contributed by atoms with Gasteiger partial charge in [-0.05, 0) is 36.6 Å². The second-order valence-electron chi connectivity index (χ2n) is 8.09. The molecule has 172 valence electrons. The average Bonchev–Trinajstić information content (AvgIpc) is 2.78. The fraction of sp³-hybridized carbons (Fsp3) is 0.417. The van der Waals surface area contributed by atoms with E-state index in [-0.39, 0.29) is 24.0 Å². The van der Waals surface area contributed by atoms with Crippen molar-refractivity contribution in [1.29, 1.82) is 0 Å². The number of carboxylic acids is 1. The lowest BCUT2D eigenvalue weighted by Crippen LogP contribution is -2.44. The number of benzene rings is 2. The zero-order valence-electron chi connectivity index (χ0n) is 18.1. The molecule has 0 spiro atoms. The predicted molar refractivity (Wildman–Crippen MR) is 115 cm³/mol. The summed E-state index contributed by atoms with van der Waals surface area (Å²) in [6.07, 6.45) is 1.58. The Balaban J connectivity index is 1.59. The molecule has 2 aromatic rings. The lowest BCUT2D eigenvalue weighted by molar-refractivity contribution is -0.145. The quantitative estimate of drug-likeness (QED) is 0.651. The first-order valence-corrected chi connectivity index (χ1v) is 10.5. The van der Waals surface area contributed by atoms with E-state index in [2.05, 4.69) is 0 Å². The van der Waals surface area contributed by atoms with E-state index < -0.39 is 23.5 Å². The molecule has 32 heavy (non-hydrogen) atoms. The molecule has 0 radical (unpaired) electrons. The molecule has 0 aliphatic carbocycles. The highest BCUT2D eigenvalue weighted by atomic mass is 19.2. The van der Waals surface area contributed by atoms with Crippen molar-refractivity contribution in [2.75, 3.05) is 26.8 Å². The summed E-state index contributed by atoms with van der Waals surface area (Å²) >= 11 is 0. The van der Waals surface area contributed by atoms with Gasteiger partial charge in [-0.25, -0.2) is 8.78 Å². The summed E-state index contributed by atoms with van der Waals surface area (Å²) in [6, 6.07) is 9.10. The van der Waals surface area contributed by atoms with Crippen molar-refractivity contribution in [3.8, 4) is 22.6 Å². The Morgan fingerprint density at radius 1 is 1.19 bits per heavy atom. The van der Waals surface area contributed by atoms with Crippen LogP contribution in [-0.2, 0) is 9.59 Å². The van der Waals surface area contributed by atoms with Gasteiger partial charge in [0, 0.05) is 36.6 Å². The lowest BCUT2D eigenvalue weighted by Gasteiger charge is -2.34. The van der Waals surface area contributed by atoms with Gasteiger partial charge >= 0.3 is 5.97 Å². The summed E-state index contributed by atoms with van der Waals surface area (Å²) in [6.45, 7) is 3.22. The minimum Gasteiger partial charge on any atom is -0.496 e. The Labute approximate surface area is 185 Å². The minimum atomic E-state index is -0.979. The molecule has 6 nitrogen and oxygen atoms in total. The minimum absolute atomic E-state index is 0.137. The van der Waals surface area contributed by atoms with Gasteiger partial charge in [-0.1, -0.05) is 19.1 Å². The van der Waals surface area contributed by atoms with Gasteiger partial charge in [-0.2, -0.15) is 0 Å². The summed E-state index contributed by atoms with van der Waals surface area (Å²) < 4.78 is 38.2. The maximum absolute atomic E-state index is 13.7. The molecule has 1 aliphatic rings. The summed E-state index contributed by atoms with van der Waals surface area (Å²) in [5, 5.41) is 8.91. The van der Waals surface area contributed by atoms with Crippen LogP contribution >= 0.6 is 0 Å². The number of halogens is 2. The van der Waals surface area contributed by atoms with E-state index in [1.165, 1.54) is 7.11 Å². The van der Waals surface area contributed by atoms with Crippen molar-refractivity contribution in [2.45, 2.75) is 26.2 Å². The van der Waals surface area contributed by atoms with E-state index in [0.717, 1.165) is 25.0 Å². The Bertz CT molecular complexity index is 964. The number of hydrogen-bond acceptors (Lipinski definition) is 4. The van der Waals surface area contributed by atoms with Crippen molar-refractivity contribution < 1.29 is 33.0 Å². The largest absolute Gasteiger partial charge is 0.496 e. The number of methoxy groups -OCH3 is 1. The Hall–Kier alpha value is -3.16. The van der Waals surface area contributed by atoms with Crippen LogP contribution in [0, 0.1) is 23.5 Å². The first-order chi connectivity index (χ1) is 15.3. The van der Waals surface area contributed by atoms with Crippen LogP contribution < -0.4 is 9.47 Å². The number of carboxylic acid groups (broad SMARTS) is 1. The first kappa shape index (κ1) is 23.5. The summed E-state index contributed by atoms with van der Waals surface area (Å²) in [5.74, 6) is -2.57. The average molecular weight is 447 g/mol. The van der Waals surface area contributed by atoms with Gasteiger partial charge < -0.3 is 19.5 Å². The maximum atomic E-state index is 13.7. The molecule has 2 aromatic carbocycles. The molecule has 1 N–H and O–H groups in total. The van der Waals surface area contributed by atoms with Crippen molar-refractivity contribution >= 4 is 11.9 Å². The number of rotatable bonds is 8. The van der Waals surface area contributed by atoms with Crippen molar-refractivity contribution in [3.05, 3.63) is 48.0 Å². The van der Waals surface area contributed by atoms with Crippen LogP contribution in [-0.4, -0.2) is 48.7 Å². The highest BCUT2D eigenvalue weighted by Gasteiger charge is 2.28. The van der Waals surface area contributed by atoms with Crippen LogP contribution in [0.3, 0.4) is 0 Å². The number of aliphatic carboxylic acids is 1. The van der Waals surface area contributed by atoms with Crippen LogP contribution in [0.2, 0.25) is 0 Å². The van der Waals surface area contributed by atoms with Gasteiger partial charge in [-0.3, -0.25) is 9.59 Å². The van der Waals surface area contributed by atoms with E-state index in [0.29, 0.717) is 36.6 Å². The van der Waals surface area contributed by atoms with E-state index in [4.69, 9.17) is 14.6 Å². The van der Waals surface area contributed by atoms with Gasteiger partial charge in [0.05, 0.1) is 20.1 Å². The second-order valence-corrected chi connectivity index (χ2v) is 8.09. The molecule has 3 rings (SSSR count). The van der Waals surface area contributed by atoms with Gasteiger partial charge in [0.15, 0.2) is 11.6 Å². The van der Waals surface area contributed by atoms with Crippen LogP contribution in [0.1, 0.15) is 26.2 Å². The van der Waals surface area contributed by atoms with Crippen molar-refractivity contribution in [1.82, 2.24) is 4.90 Å². The summed E-state index contributed by atoms with van der Waals surface area (Å²) in [4.78, 5) is 25.1. The molecule has 1 heterocycles. The maximum Gasteiger partial charge on any atom is 0.304 e. The van der Waals surface area contributed by atoms with E-state index in [1.54, 1.807) is 36.1 Å². The molecule has 2 unspecified atom stereocenters. The third-order valence-corrected chi connectivity index (χ3v) is 5.63. The SMILES string of the molecule is COc1cc(F)c(F)cc1-c1ccc(OCC2CCCN(C(=O)C(C)CC(=O)O)C2)cc1. The van der Waals surface area contributed by atoms with Crippen LogP contribution in [0.25, 0.3) is 11.1 Å². The Morgan fingerprint density at radius 3 is 2.53 bits per heavy atom. The smallest absolute Gasteiger partial charge is 0.304 e. The Morgan fingerprint density at radius 2 is 1.88 bits per heavy atom. The van der Waals surface area contributed by atoms with Gasteiger partial charge in [0.2, 0.25) is 5.91 Å². The molecule has 1 fully saturated rings. The second kappa shape index (κ2) is 10.4. The molecule has 8 heteroatoms. The summed E-state index contributed by atoms with van der Waals surface area (Å²) in [5.41, 5.74) is 1.10. The van der Waals surface area contributed by atoms with Crippen LogP contribution in [0.5, 0.6) is 11.5 Å². The molecule has 0 bridgehead atoms. The zero-order chi connectivity index (χ0) is 23.3. The van der Waals surface area contributed by atoms with Gasteiger partial charge in [-0.15, -0.1) is 0 Å². The van der Waals surface area contributed by atoms with Crippen molar-refractivity contribution in [3.63, 3.8) is 0 Å². The van der Waals surface area contributed by atoms with E-state index >= 15 is 0 Å². The zero-order valence-corrected chi connectivity index (χ0v) is 18.1. The molecule has 2 atom stereocenters. The predicted octanol–water partition coefficient (Wildman–Crippen LogP) is 4.37. The van der Waals surface area contributed by atoms with E-state index in [1.807, 2.05) is 0 Å². The molecular formula is C24H27F2NO5. The highest BCUT2D eigenvalue weighted by molar-refractivity contribution is 5.83. The number of carbonyl (C=O) groups is 2. The number of carbonyl (C=O) groups excluding carboxylic acids is 1. The molecule has 0 saturated carbocycles.